The highest BCUT2D eigenvalue weighted by Gasteiger charge is 2.34. The van der Waals surface area contributed by atoms with Crippen molar-refractivity contribution in [2.45, 2.75) is 45.3 Å². The van der Waals surface area contributed by atoms with Gasteiger partial charge in [-0.05, 0) is 54.3 Å². The first-order chi connectivity index (χ1) is 14.0. The summed E-state index contributed by atoms with van der Waals surface area (Å²) in [6, 6.07) is 10.3. The summed E-state index contributed by atoms with van der Waals surface area (Å²) in [7, 11) is 0. The summed E-state index contributed by atoms with van der Waals surface area (Å²) in [5, 5.41) is 2.11. The number of carbonyl (C=O) groups is 2. The molecule has 0 unspecified atom stereocenters. The SMILES string of the molecule is CC(=O)N(CC(=O)N1CCc2sccc2[C@@H]1c1ccccc1C)C[C@@H]1CCCO1. The minimum absolute atomic E-state index is 0.00306. The quantitative estimate of drug-likeness (QED) is 0.755. The minimum Gasteiger partial charge on any atom is -0.376 e. The van der Waals surface area contributed by atoms with Gasteiger partial charge in [0.05, 0.1) is 18.7 Å². The molecular weight excluding hydrogens is 384 g/mol. The zero-order valence-corrected chi connectivity index (χ0v) is 17.9. The van der Waals surface area contributed by atoms with Gasteiger partial charge in [0.25, 0.3) is 0 Å². The van der Waals surface area contributed by atoms with Gasteiger partial charge < -0.3 is 14.5 Å². The first kappa shape index (κ1) is 20.1. The van der Waals surface area contributed by atoms with Crippen molar-refractivity contribution < 1.29 is 14.3 Å². The first-order valence-corrected chi connectivity index (χ1v) is 11.2. The maximum atomic E-state index is 13.4. The molecule has 2 atom stereocenters. The van der Waals surface area contributed by atoms with Crippen molar-refractivity contribution >= 4 is 23.2 Å². The second-order valence-electron chi connectivity index (χ2n) is 7.93. The Morgan fingerprint density at radius 3 is 2.79 bits per heavy atom. The van der Waals surface area contributed by atoms with Crippen LogP contribution in [-0.2, 0) is 20.7 Å². The zero-order valence-electron chi connectivity index (χ0n) is 17.1. The number of benzene rings is 1. The normalized spacial score (nSPS) is 21.1. The van der Waals surface area contributed by atoms with E-state index < -0.39 is 0 Å². The predicted octanol–water partition coefficient (Wildman–Crippen LogP) is 3.56. The highest BCUT2D eigenvalue weighted by atomic mass is 32.1. The molecule has 3 heterocycles. The second-order valence-corrected chi connectivity index (χ2v) is 8.93. The van der Waals surface area contributed by atoms with Crippen molar-refractivity contribution in [1.29, 1.82) is 0 Å². The molecule has 2 amide bonds. The van der Waals surface area contributed by atoms with Crippen LogP contribution in [0.2, 0.25) is 0 Å². The summed E-state index contributed by atoms with van der Waals surface area (Å²) in [5.74, 6) is -0.0715. The minimum atomic E-state index is -0.0877. The van der Waals surface area contributed by atoms with Crippen LogP contribution in [0.3, 0.4) is 0 Å². The zero-order chi connectivity index (χ0) is 20.4. The molecule has 0 aliphatic carbocycles. The van der Waals surface area contributed by atoms with Crippen LogP contribution < -0.4 is 0 Å². The van der Waals surface area contributed by atoms with Crippen molar-refractivity contribution in [3.8, 4) is 0 Å². The lowest BCUT2D eigenvalue weighted by Gasteiger charge is -2.38. The average molecular weight is 413 g/mol. The monoisotopic (exact) mass is 412 g/mol. The number of aryl methyl sites for hydroxylation is 1. The molecule has 154 valence electrons. The molecule has 2 aliphatic rings. The van der Waals surface area contributed by atoms with E-state index in [1.165, 1.54) is 22.9 Å². The lowest BCUT2D eigenvalue weighted by atomic mass is 9.90. The molecule has 1 aromatic heterocycles. The number of carbonyl (C=O) groups excluding carboxylic acids is 2. The van der Waals surface area contributed by atoms with Crippen molar-refractivity contribution in [2.24, 2.45) is 0 Å². The molecule has 0 radical (unpaired) electrons. The molecule has 0 N–H and O–H groups in total. The van der Waals surface area contributed by atoms with E-state index >= 15 is 0 Å². The Kier molecular flexibility index (Phi) is 6.01. The third-order valence-electron chi connectivity index (χ3n) is 5.99. The second kappa shape index (κ2) is 8.67. The number of hydrogen-bond donors (Lipinski definition) is 0. The number of amides is 2. The van der Waals surface area contributed by atoms with Crippen LogP contribution in [-0.4, -0.2) is 54.0 Å². The van der Waals surface area contributed by atoms with Gasteiger partial charge in [0, 0.05) is 31.5 Å². The fraction of sp³-hybridized carbons (Fsp3) is 0.478. The van der Waals surface area contributed by atoms with Gasteiger partial charge in [-0.15, -0.1) is 11.3 Å². The van der Waals surface area contributed by atoms with Crippen molar-refractivity contribution in [1.82, 2.24) is 9.80 Å². The maximum Gasteiger partial charge on any atom is 0.242 e. The van der Waals surface area contributed by atoms with E-state index in [-0.39, 0.29) is 30.5 Å². The highest BCUT2D eigenvalue weighted by Crippen LogP contribution is 2.39. The van der Waals surface area contributed by atoms with Crippen LogP contribution in [0.5, 0.6) is 0 Å². The van der Waals surface area contributed by atoms with E-state index in [1.54, 1.807) is 16.2 Å². The topological polar surface area (TPSA) is 49.9 Å². The van der Waals surface area contributed by atoms with Gasteiger partial charge in [0.2, 0.25) is 11.8 Å². The molecule has 1 saturated heterocycles. The Morgan fingerprint density at radius 1 is 1.24 bits per heavy atom. The van der Waals surface area contributed by atoms with Crippen LogP contribution in [0.1, 0.15) is 47.4 Å². The molecule has 1 aromatic carbocycles. The number of ether oxygens (including phenoxy) is 1. The molecule has 0 saturated carbocycles. The van der Waals surface area contributed by atoms with Gasteiger partial charge >= 0.3 is 0 Å². The highest BCUT2D eigenvalue weighted by molar-refractivity contribution is 7.10. The maximum absolute atomic E-state index is 13.4. The van der Waals surface area contributed by atoms with Crippen LogP contribution in [0.25, 0.3) is 0 Å². The molecule has 29 heavy (non-hydrogen) atoms. The Hall–Kier alpha value is -2.18. The smallest absolute Gasteiger partial charge is 0.242 e. The third kappa shape index (κ3) is 4.23. The van der Waals surface area contributed by atoms with E-state index in [4.69, 9.17) is 4.74 Å². The summed E-state index contributed by atoms with van der Waals surface area (Å²) in [6.07, 6.45) is 2.88. The van der Waals surface area contributed by atoms with Crippen LogP contribution >= 0.6 is 11.3 Å². The van der Waals surface area contributed by atoms with Crippen molar-refractivity contribution in [3.05, 3.63) is 57.3 Å². The largest absolute Gasteiger partial charge is 0.376 e. The van der Waals surface area contributed by atoms with Gasteiger partial charge in [-0.1, -0.05) is 24.3 Å². The fourth-order valence-corrected chi connectivity index (χ4v) is 5.31. The van der Waals surface area contributed by atoms with Gasteiger partial charge in [-0.25, -0.2) is 0 Å². The third-order valence-corrected chi connectivity index (χ3v) is 6.99. The standard InChI is InChI=1S/C23H28N2O3S/c1-16-6-3-4-8-19(16)23-20-10-13-29-21(20)9-11-25(23)22(27)15-24(17(2)26)14-18-7-5-12-28-18/h3-4,6,8,10,13,18,23H,5,7,9,11-12,14-15H2,1-2H3/t18-,23-/m0/s1. The Labute approximate surface area is 176 Å². The summed E-state index contributed by atoms with van der Waals surface area (Å²) >= 11 is 1.76. The van der Waals surface area contributed by atoms with Gasteiger partial charge in [-0.3, -0.25) is 9.59 Å². The van der Waals surface area contributed by atoms with E-state index in [0.29, 0.717) is 13.1 Å². The summed E-state index contributed by atoms with van der Waals surface area (Å²) < 4.78 is 5.69. The summed E-state index contributed by atoms with van der Waals surface area (Å²) in [5.41, 5.74) is 3.56. The van der Waals surface area contributed by atoms with Gasteiger partial charge in [0.1, 0.15) is 0 Å². The first-order valence-electron chi connectivity index (χ1n) is 10.3. The number of thiophene rings is 1. The molecule has 1 fully saturated rings. The molecular formula is C23H28N2O3S. The number of nitrogens with zero attached hydrogens (tertiary/aromatic N) is 2. The summed E-state index contributed by atoms with van der Waals surface area (Å²) in [4.78, 5) is 30.6. The summed E-state index contributed by atoms with van der Waals surface area (Å²) in [6.45, 7) is 5.65. The molecule has 6 heteroatoms. The van der Waals surface area contributed by atoms with E-state index in [1.807, 2.05) is 17.0 Å². The molecule has 2 aliphatic heterocycles. The fourth-order valence-electron chi connectivity index (χ4n) is 4.41. The predicted molar refractivity (Wildman–Crippen MR) is 114 cm³/mol. The number of hydrogen-bond acceptors (Lipinski definition) is 4. The lowest BCUT2D eigenvalue weighted by molar-refractivity contribution is -0.141. The Balaban J connectivity index is 1.59. The average Bonchev–Trinajstić information content (AvgIpc) is 3.38. The lowest BCUT2D eigenvalue weighted by Crippen LogP contribution is -2.48. The van der Waals surface area contributed by atoms with Gasteiger partial charge in [0.15, 0.2) is 0 Å². The van der Waals surface area contributed by atoms with Gasteiger partial charge in [-0.2, -0.15) is 0 Å². The van der Waals surface area contributed by atoms with Crippen molar-refractivity contribution in [2.75, 3.05) is 26.2 Å². The Morgan fingerprint density at radius 2 is 2.07 bits per heavy atom. The molecule has 0 spiro atoms. The molecule has 4 rings (SSSR count). The van der Waals surface area contributed by atoms with E-state index in [0.717, 1.165) is 31.4 Å². The number of fused-ring (bicyclic) bond motifs is 1. The van der Waals surface area contributed by atoms with Crippen LogP contribution in [0.4, 0.5) is 0 Å². The number of rotatable bonds is 5. The van der Waals surface area contributed by atoms with E-state index in [2.05, 4.69) is 30.5 Å². The molecule has 5 nitrogen and oxygen atoms in total. The van der Waals surface area contributed by atoms with Crippen LogP contribution in [0, 0.1) is 6.92 Å². The van der Waals surface area contributed by atoms with Crippen molar-refractivity contribution in [3.63, 3.8) is 0 Å². The molecule has 0 bridgehead atoms. The molecule has 2 aromatic rings. The Bertz CT molecular complexity index is 888. The van der Waals surface area contributed by atoms with Crippen LogP contribution in [0.15, 0.2) is 35.7 Å². The van der Waals surface area contributed by atoms with E-state index in [9.17, 15) is 9.59 Å².